The number of rotatable bonds is 5. The highest BCUT2D eigenvalue weighted by atomic mass is 19.1. The number of benzene rings is 1. The predicted molar refractivity (Wildman–Crippen MR) is 79.2 cm³/mol. The molecule has 7 nitrogen and oxygen atoms in total. The first-order valence-corrected chi connectivity index (χ1v) is 7.09. The van der Waals surface area contributed by atoms with Crippen LogP contribution in [0.2, 0.25) is 0 Å². The van der Waals surface area contributed by atoms with Crippen LogP contribution in [-0.4, -0.2) is 42.2 Å². The van der Waals surface area contributed by atoms with E-state index < -0.39 is 29.8 Å². The number of halogens is 1. The molecule has 1 aromatic carbocycles. The van der Waals surface area contributed by atoms with Crippen molar-refractivity contribution in [2.24, 2.45) is 0 Å². The number of hydrogen-bond donors (Lipinski definition) is 1. The average molecular weight is 326 g/mol. The van der Waals surface area contributed by atoms with Gasteiger partial charge in [-0.05, 0) is 45.0 Å². The lowest BCUT2D eigenvalue weighted by atomic mass is 10.1. The second-order valence-electron chi connectivity index (χ2n) is 4.45. The number of ketones is 1. The minimum atomic E-state index is -1.07. The van der Waals surface area contributed by atoms with Crippen molar-refractivity contribution in [3.8, 4) is 0 Å². The molecule has 0 aromatic heterocycles. The third kappa shape index (κ3) is 5.24. The molecule has 0 fully saturated rings. The Morgan fingerprint density at radius 3 is 2.22 bits per heavy atom. The van der Waals surface area contributed by atoms with Crippen molar-refractivity contribution < 1.29 is 28.2 Å². The van der Waals surface area contributed by atoms with Crippen molar-refractivity contribution in [2.45, 2.75) is 26.8 Å². The van der Waals surface area contributed by atoms with Crippen molar-refractivity contribution in [3.05, 3.63) is 35.6 Å². The minimum Gasteiger partial charge on any atom is -0.449 e. The Morgan fingerprint density at radius 2 is 1.70 bits per heavy atom. The van der Waals surface area contributed by atoms with Crippen LogP contribution in [0.15, 0.2) is 24.3 Å². The van der Waals surface area contributed by atoms with E-state index >= 15 is 0 Å². The Kier molecular flexibility index (Phi) is 6.98. The van der Waals surface area contributed by atoms with Gasteiger partial charge in [0.25, 0.3) is 0 Å². The number of ether oxygens (including phenoxy) is 2. The van der Waals surface area contributed by atoms with Gasteiger partial charge in [0.15, 0.2) is 5.78 Å². The summed E-state index contributed by atoms with van der Waals surface area (Å²) in [7, 11) is 0. The molecule has 0 aliphatic rings. The lowest BCUT2D eigenvalue weighted by Gasteiger charge is -2.27. The molecule has 0 bridgehead atoms. The van der Waals surface area contributed by atoms with Crippen LogP contribution in [0.4, 0.5) is 14.0 Å². The molecule has 0 unspecified atom stereocenters. The highest BCUT2D eigenvalue weighted by Gasteiger charge is 2.30. The zero-order valence-corrected chi connectivity index (χ0v) is 13.2. The highest BCUT2D eigenvalue weighted by Crippen LogP contribution is 2.10. The predicted octanol–water partition coefficient (Wildman–Crippen LogP) is 2.52. The van der Waals surface area contributed by atoms with Crippen LogP contribution in [0.1, 0.15) is 31.1 Å². The van der Waals surface area contributed by atoms with E-state index in [1.54, 1.807) is 13.8 Å². The van der Waals surface area contributed by atoms with Gasteiger partial charge < -0.3 is 9.47 Å². The zero-order valence-electron chi connectivity index (χ0n) is 13.2. The topological polar surface area (TPSA) is 84.9 Å². The van der Waals surface area contributed by atoms with Gasteiger partial charge in [0.05, 0.1) is 13.2 Å². The molecule has 1 rings (SSSR count). The average Bonchev–Trinajstić information content (AvgIpc) is 2.52. The third-order valence-corrected chi connectivity index (χ3v) is 2.85. The normalized spacial score (nSPS) is 11.3. The summed E-state index contributed by atoms with van der Waals surface area (Å²) in [6.07, 6.45) is -1.79. The molecule has 0 saturated heterocycles. The van der Waals surface area contributed by atoms with Gasteiger partial charge in [-0.1, -0.05) is 0 Å². The van der Waals surface area contributed by atoms with E-state index in [0.717, 1.165) is 17.1 Å². The van der Waals surface area contributed by atoms with Crippen molar-refractivity contribution in [1.29, 1.82) is 0 Å². The maximum absolute atomic E-state index is 12.9. The van der Waals surface area contributed by atoms with Gasteiger partial charge in [-0.2, -0.15) is 0 Å². The molecule has 1 aromatic rings. The molecule has 1 N–H and O–H groups in total. The van der Waals surface area contributed by atoms with Crippen LogP contribution in [0.3, 0.4) is 0 Å². The summed E-state index contributed by atoms with van der Waals surface area (Å²) in [5.41, 5.74) is 2.36. The number of hydrazine groups is 1. The fraction of sp³-hybridized carbons (Fsp3) is 0.400. The molecule has 1 atom stereocenters. The molecule has 0 saturated carbocycles. The van der Waals surface area contributed by atoms with Crippen molar-refractivity contribution >= 4 is 18.0 Å². The molecule has 0 radical (unpaired) electrons. The summed E-state index contributed by atoms with van der Waals surface area (Å²) >= 11 is 0. The van der Waals surface area contributed by atoms with Crippen LogP contribution < -0.4 is 5.43 Å². The first-order valence-electron chi connectivity index (χ1n) is 7.09. The van der Waals surface area contributed by atoms with E-state index in [0.29, 0.717) is 0 Å². The van der Waals surface area contributed by atoms with Gasteiger partial charge in [0.1, 0.15) is 11.9 Å². The fourth-order valence-electron chi connectivity index (χ4n) is 1.73. The second kappa shape index (κ2) is 8.72. The van der Waals surface area contributed by atoms with Crippen LogP contribution in [0, 0.1) is 5.82 Å². The Labute approximate surface area is 133 Å². The van der Waals surface area contributed by atoms with Gasteiger partial charge in [0, 0.05) is 5.56 Å². The Morgan fingerprint density at radius 1 is 1.13 bits per heavy atom. The third-order valence-electron chi connectivity index (χ3n) is 2.85. The summed E-state index contributed by atoms with van der Waals surface area (Å²) < 4.78 is 22.4. The maximum Gasteiger partial charge on any atom is 0.429 e. The van der Waals surface area contributed by atoms with Crippen molar-refractivity contribution in [1.82, 2.24) is 10.4 Å². The van der Waals surface area contributed by atoms with Gasteiger partial charge >= 0.3 is 12.2 Å². The Balaban J connectivity index is 2.94. The monoisotopic (exact) mass is 326 g/mol. The summed E-state index contributed by atoms with van der Waals surface area (Å²) in [5, 5.41) is 0.743. The first kappa shape index (κ1) is 18.4. The van der Waals surface area contributed by atoms with Crippen LogP contribution in [-0.2, 0) is 9.47 Å². The van der Waals surface area contributed by atoms with Gasteiger partial charge in [-0.25, -0.2) is 24.4 Å². The molecule has 2 amide bonds. The second-order valence-corrected chi connectivity index (χ2v) is 4.45. The van der Waals surface area contributed by atoms with E-state index in [2.05, 4.69) is 5.43 Å². The van der Waals surface area contributed by atoms with Crippen LogP contribution >= 0.6 is 0 Å². The summed E-state index contributed by atoms with van der Waals surface area (Å²) in [4.78, 5) is 35.8. The Hall–Kier alpha value is -2.64. The number of amides is 2. The summed E-state index contributed by atoms with van der Waals surface area (Å²) in [5.74, 6) is -0.976. The summed E-state index contributed by atoms with van der Waals surface area (Å²) in [6, 6.07) is 3.79. The molecule has 23 heavy (non-hydrogen) atoms. The summed E-state index contributed by atoms with van der Waals surface area (Å²) in [6.45, 7) is 4.77. The minimum absolute atomic E-state index is 0.0668. The van der Waals surface area contributed by atoms with E-state index in [-0.39, 0.29) is 18.8 Å². The highest BCUT2D eigenvalue weighted by molar-refractivity contribution is 6.01. The standard InChI is InChI=1S/C15H19FN2O5/c1-4-22-14(20)17-18(15(21)23-5-2)10(3)13(19)11-6-8-12(16)9-7-11/h6-10H,4-5H2,1-3H3,(H,17,20)/t10-/m0/s1. The van der Waals surface area contributed by atoms with Gasteiger partial charge in [0.2, 0.25) is 0 Å². The molecule has 0 aliphatic carbocycles. The quantitative estimate of drug-likeness (QED) is 0.664. The number of hydrogen-bond acceptors (Lipinski definition) is 5. The number of carbonyl (C=O) groups excluding carboxylic acids is 3. The van der Waals surface area contributed by atoms with Crippen LogP contribution in [0.25, 0.3) is 0 Å². The van der Waals surface area contributed by atoms with E-state index in [4.69, 9.17) is 9.47 Å². The largest absolute Gasteiger partial charge is 0.449 e. The van der Waals surface area contributed by atoms with Crippen molar-refractivity contribution in [2.75, 3.05) is 13.2 Å². The molecular weight excluding hydrogens is 307 g/mol. The number of nitrogens with one attached hydrogen (secondary N) is 1. The maximum atomic E-state index is 12.9. The zero-order chi connectivity index (χ0) is 17.4. The van der Waals surface area contributed by atoms with E-state index in [9.17, 15) is 18.8 Å². The molecular formula is C15H19FN2O5. The van der Waals surface area contributed by atoms with Gasteiger partial charge in [-0.15, -0.1) is 0 Å². The number of carbonyl (C=O) groups is 3. The fourth-order valence-corrected chi connectivity index (χ4v) is 1.73. The van der Waals surface area contributed by atoms with Gasteiger partial charge in [-0.3, -0.25) is 4.79 Å². The van der Waals surface area contributed by atoms with E-state index in [1.807, 2.05) is 0 Å². The molecule has 0 aliphatic heterocycles. The lowest BCUT2D eigenvalue weighted by Crippen LogP contribution is -2.54. The SMILES string of the molecule is CCOC(=O)NN(C(=O)OCC)[C@@H](C)C(=O)c1ccc(F)cc1. The molecule has 8 heteroatoms. The van der Waals surface area contributed by atoms with Crippen molar-refractivity contribution in [3.63, 3.8) is 0 Å². The molecule has 126 valence electrons. The number of nitrogens with zero attached hydrogens (tertiary/aromatic N) is 1. The first-order chi connectivity index (χ1) is 10.9. The van der Waals surface area contributed by atoms with E-state index in [1.165, 1.54) is 19.1 Å². The molecule has 0 spiro atoms. The molecule has 0 heterocycles. The number of Topliss-reactive ketones (excluding diaryl/α,β-unsaturated/α-hetero) is 1. The smallest absolute Gasteiger partial charge is 0.429 e. The van der Waals surface area contributed by atoms with Crippen LogP contribution in [0.5, 0.6) is 0 Å². The lowest BCUT2D eigenvalue weighted by molar-refractivity contribution is 0.0515. The Bertz CT molecular complexity index is 561.